The van der Waals surface area contributed by atoms with E-state index in [2.05, 4.69) is 25.7 Å². The van der Waals surface area contributed by atoms with Crippen LogP contribution in [-0.2, 0) is 14.3 Å². The number of aliphatic hydroxyl groups is 1. The van der Waals surface area contributed by atoms with Crippen molar-refractivity contribution in [2.75, 3.05) is 19.1 Å². The summed E-state index contributed by atoms with van der Waals surface area (Å²) in [5, 5.41) is 11.4. The molecule has 1 aliphatic heterocycles. The van der Waals surface area contributed by atoms with Gasteiger partial charge < -0.3 is 19.4 Å². The first-order valence-electron chi connectivity index (χ1n) is 10.8. The summed E-state index contributed by atoms with van der Waals surface area (Å²) in [7, 11) is 0. The molecule has 4 nitrogen and oxygen atoms in total. The van der Waals surface area contributed by atoms with E-state index in [1.165, 1.54) is 0 Å². The monoisotopic (exact) mass is 410 g/mol. The second kappa shape index (κ2) is 8.64. The number of hydrogen-bond acceptors (Lipinski definition) is 4. The summed E-state index contributed by atoms with van der Waals surface area (Å²) in [6.45, 7) is 7.60. The van der Waals surface area contributed by atoms with E-state index in [0.717, 1.165) is 44.8 Å². The number of ether oxygens (including phenoxy) is 2. The average Bonchev–Trinajstić information content (AvgIpc) is 3.30. The topological polar surface area (TPSA) is 55.8 Å². The van der Waals surface area contributed by atoms with Crippen molar-refractivity contribution in [2.45, 2.75) is 77.6 Å². The van der Waals surface area contributed by atoms with Crippen LogP contribution in [-0.4, -0.2) is 42.4 Å². The summed E-state index contributed by atoms with van der Waals surface area (Å²) in [6.07, 6.45) is 6.25. The lowest BCUT2D eigenvalue weighted by molar-refractivity contribution is -0.263. The molecule has 2 saturated carbocycles. The number of carbonyl (C=O) groups excluding carboxylic acids is 1. The van der Waals surface area contributed by atoms with E-state index in [-0.39, 0.29) is 17.3 Å². The molecule has 1 saturated heterocycles. The van der Waals surface area contributed by atoms with Gasteiger partial charge in [0.05, 0.1) is 19.3 Å². The molecule has 2 aliphatic carbocycles. The summed E-state index contributed by atoms with van der Waals surface area (Å²) in [6, 6.07) is 0. The third kappa shape index (κ3) is 3.43. The molecular formula is C23H35ClO4. The van der Waals surface area contributed by atoms with Crippen LogP contribution in [0.1, 0.15) is 65.7 Å². The highest BCUT2D eigenvalue weighted by molar-refractivity contribution is 6.17. The zero-order valence-corrected chi connectivity index (χ0v) is 18.3. The van der Waals surface area contributed by atoms with Crippen LogP contribution in [0, 0.1) is 40.4 Å². The molecule has 5 heteroatoms. The smallest absolute Gasteiger partial charge is 0.172 e. The highest BCUT2D eigenvalue weighted by Gasteiger charge is 2.71. The molecule has 0 amide bonds. The second-order valence-corrected chi connectivity index (χ2v) is 9.65. The van der Waals surface area contributed by atoms with Gasteiger partial charge in [-0.1, -0.05) is 20.8 Å². The summed E-state index contributed by atoms with van der Waals surface area (Å²) in [4.78, 5) is 11.9. The number of carbonyl (C=O) groups is 1. The Kier molecular flexibility index (Phi) is 6.82. The van der Waals surface area contributed by atoms with Crippen LogP contribution in [0.2, 0.25) is 0 Å². The van der Waals surface area contributed by atoms with Gasteiger partial charge in [0.2, 0.25) is 0 Å². The van der Waals surface area contributed by atoms with Crippen LogP contribution in [0.4, 0.5) is 0 Å². The minimum Gasteiger partial charge on any atom is -0.392 e. The fourth-order valence-electron chi connectivity index (χ4n) is 6.37. The van der Waals surface area contributed by atoms with Crippen molar-refractivity contribution in [1.82, 2.24) is 0 Å². The lowest BCUT2D eigenvalue weighted by Gasteiger charge is -2.59. The zero-order valence-electron chi connectivity index (χ0n) is 17.5. The molecule has 0 aromatic heterocycles. The van der Waals surface area contributed by atoms with Crippen molar-refractivity contribution >= 4 is 17.9 Å². The molecule has 0 unspecified atom stereocenters. The number of aldehydes is 1. The summed E-state index contributed by atoms with van der Waals surface area (Å²) >= 11 is 5.72. The van der Waals surface area contributed by atoms with E-state index in [9.17, 15) is 9.90 Å². The van der Waals surface area contributed by atoms with Gasteiger partial charge in [-0.25, -0.2) is 0 Å². The third-order valence-electron chi connectivity index (χ3n) is 8.14. The Hall–Kier alpha value is -0.600. The fraction of sp³-hybridized carbons (Fsp3) is 0.870. The molecule has 0 radical (unpaired) electrons. The Morgan fingerprint density at radius 3 is 2.61 bits per heavy atom. The second-order valence-electron chi connectivity index (χ2n) is 9.27. The normalized spacial score (nSPS) is 38.5. The van der Waals surface area contributed by atoms with Crippen molar-refractivity contribution < 1.29 is 19.4 Å². The first-order valence-corrected chi connectivity index (χ1v) is 11.3. The molecule has 28 heavy (non-hydrogen) atoms. The molecule has 0 aromatic carbocycles. The van der Waals surface area contributed by atoms with Gasteiger partial charge in [-0.3, -0.25) is 0 Å². The van der Waals surface area contributed by atoms with Gasteiger partial charge in [0.15, 0.2) is 5.79 Å². The molecule has 1 heterocycles. The third-order valence-corrected chi connectivity index (χ3v) is 8.41. The Morgan fingerprint density at radius 1 is 1.25 bits per heavy atom. The van der Waals surface area contributed by atoms with Crippen LogP contribution >= 0.6 is 11.6 Å². The molecule has 0 bridgehead atoms. The predicted octanol–water partition coefficient (Wildman–Crippen LogP) is 4.17. The predicted molar refractivity (Wildman–Crippen MR) is 110 cm³/mol. The number of unbranched alkanes of at least 4 members (excludes halogenated alkanes) is 1. The quantitative estimate of drug-likeness (QED) is 0.309. The van der Waals surface area contributed by atoms with Crippen LogP contribution in [0.25, 0.3) is 0 Å². The Balaban J connectivity index is 1.96. The Labute approximate surface area is 174 Å². The van der Waals surface area contributed by atoms with Gasteiger partial charge >= 0.3 is 0 Å². The van der Waals surface area contributed by atoms with Gasteiger partial charge in [-0.2, -0.15) is 0 Å². The zero-order chi connectivity index (χ0) is 20.4. The first-order chi connectivity index (χ1) is 13.4. The summed E-state index contributed by atoms with van der Waals surface area (Å²) < 4.78 is 12.5. The molecule has 0 aromatic rings. The molecule has 158 valence electrons. The van der Waals surface area contributed by atoms with Gasteiger partial charge in [0, 0.05) is 42.4 Å². The standard InChI is InChI=1S/C23H35ClO4/c1-17-9-10-22(18(2)16-25)11-12-23(27-14-15-28-23)20(22)21(17,3)19(26)8-6-4-5-7-13-24/h16-20,26H,5,7-15H2,1-3H3/t17-,18-,19-,20+,21+,22+/m1/s1. The molecular weight excluding hydrogens is 376 g/mol. The number of halogens is 1. The van der Waals surface area contributed by atoms with E-state index in [0.29, 0.717) is 31.4 Å². The lowest BCUT2D eigenvalue weighted by atomic mass is 9.47. The van der Waals surface area contributed by atoms with Crippen molar-refractivity contribution in [2.24, 2.45) is 28.6 Å². The molecule has 1 N–H and O–H groups in total. The van der Waals surface area contributed by atoms with Crippen LogP contribution in [0.15, 0.2) is 0 Å². The number of fused-ring (bicyclic) bond motifs is 2. The number of hydrogen-bond donors (Lipinski definition) is 1. The number of aliphatic hydroxyl groups excluding tert-OH is 1. The number of alkyl halides is 1. The summed E-state index contributed by atoms with van der Waals surface area (Å²) in [5.74, 6) is 6.44. The van der Waals surface area contributed by atoms with Gasteiger partial charge in [-0.05, 0) is 37.0 Å². The van der Waals surface area contributed by atoms with Crippen molar-refractivity contribution in [3.8, 4) is 11.8 Å². The van der Waals surface area contributed by atoms with E-state index in [1.54, 1.807) is 0 Å². The Morgan fingerprint density at radius 2 is 1.96 bits per heavy atom. The van der Waals surface area contributed by atoms with Gasteiger partial charge in [0.1, 0.15) is 6.29 Å². The molecule has 3 aliphatic rings. The van der Waals surface area contributed by atoms with E-state index in [1.807, 2.05) is 6.92 Å². The van der Waals surface area contributed by atoms with E-state index >= 15 is 0 Å². The van der Waals surface area contributed by atoms with Crippen molar-refractivity contribution in [3.63, 3.8) is 0 Å². The van der Waals surface area contributed by atoms with Crippen molar-refractivity contribution in [3.05, 3.63) is 0 Å². The maximum Gasteiger partial charge on any atom is 0.172 e. The van der Waals surface area contributed by atoms with Gasteiger partial charge in [0.25, 0.3) is 0 Å². The average molecular weight is 411 g/mol. The maximum atomic E-state index is 11.9. The highest BCUT2D eigenvalue weighted by Crippen LogP contribution is 2.69. The van der Waals surface area contributed by atoms with Crippen LogP contribution in [0.5, 0.6) is 0 Å². The van der Waals surface area contributed by atoms with E-state index in [4.69, 9.17) is 21.1 Å². The highest BCUT2D eigenvalue weighted by atomic mass is 35.5. The largest absolute Gasteiger partial charge is 0.392 e. The maximum absolute atomic E-state index is 11.9. The minimum absolute atomic E-state index is 0.0152. The van der Waals surface area contributed by atoms with Crippen molar-refractivity contribution in [1.29, 1.82) is 0 Å². The SMILES string of the molecule is C[C@H](C=O)[C@@]12CC[C@@H](C)[C@@](C)([C@H](O)CC#CCCCCl)[C@@H]1C1(CC2)OCCO1. The van der Waals surface area contributed by atoms with Crippen LogP contribution in [0.3, 0.4) is 0 Å². The fourth-order valence-corrected chi connectivity index (χ4v) is 6.50. The summed E-state index contributed by atoms with van der Waals surface area (Å²) in [5.41, 5.74) is -0.599. The molecule has 3 rings (SSSR count). The Bertz CT molecular complexity index is 620. The first kappa shape index (κ1) is 22.1. The van der Waals surface area contributed by atoms with Gasteiger partial charge in [-0.15, -0.1) is 23.4 Å². The lowest BCUT2D eigenvalue weighted by Crippen LogP contribution is -2.61. The molecule has 1 spiro atoms. The molecule has 6 atom stereocenters. The molecule has 3 fully saturated rings. The number of rotatable bonds is 6. The van der Waals surface area contributed by atoms with E-state index < -0.39 is 17.3 Å². The minimum atomic E-state index is -0.673. The van der Waals surface area contributed by atoms with Crippen LogP contribution < -0.4 is 0 Å².